The number of H-pyrrole nitrogens is 1. The highest BCUT2D eigenvalue weighted by atomic mass is 19.1. The Morgan fingerprint density at radius 3 is 2.55 bits per heavy atom. The van der Waals surface area contributed by atoms with Crippen LogP contribution in [0.15, 0.2) is 40.1 Å². The van der Waals surface area contributed by atoms with Gasteiger partial charge in [0.2, 0.25) is 0 Å². The number of hydrogen-bond donors (Lipinski definition) is 1. The van der Waals surface area contributed by atoms with Crippen molar-refractivity contribution in [3.05, 3.63) is 62.7 Å². The monoisotopic (exact) mass is 303 g/mol. The Morgan fingerprint density at radius 1 is 1.18 bits per heavy atom. The van der Waals surface area contributed by atoms with Crippen molar-refractivity contribution in [1.29, 1.82) is 0 Å². The van der Waals surface area contributed by atoms with Gasteiger partial charge in [-0.3, -0.25) is 14.3 Å². The topological polar surface area (TPSA) is 58.1 Å². The van der Waals surface area contributed by atoms with Crippen LogP contribution in [0, 0.1) is 5.82 Å². The molecule has 0 unspecified atom stereocenters. The van der Waals surface area contributed by atoms with Crippen molar-refractivity contribution in [3.8, 4) is 5.69 Å². The molecule has 0 amide bonds. The molecule has 0 atom stereocenters. The molecule has 0 bridgehead atoms. The Bertz CT molecular complexity index is 788. The molecule has 1 aromatic heterocycles. The molecule has 0 saturated carbocycles. The van der Waals surface area contributed by atoms with Crippen LogP contribution in [-0.2, 0) is 0 Å². The van der Waals surface area contributed by atoms with Crippen LogP contribution in [0.2, 0.25) is 0 Å². The van der Waals surface area contributed by atoms with Crippen LogP contribution in [0.1, 0.15) is 24.3 Å². The molecule has 2 aromatic rings. The van der Waals surface area contributed by atoms with E-state index in [1.807, 2.05) is 0 Å². The minimum absolute atomic E-state index is 0.220. The molecule has 116 valence electrons. The van der Waals surface area contributed by atoms with Crippen LogP contribution < -0.4 is 11.2 Å². The highest BCUT2D eigenvalue weighted by Gasteiger charge is 2.21. The summed E-state index contributed by atoms with van der Waals surface area (Å²) in [6, 6.07) is 6.06. The smallest absolute Gasteiger partial charge is 0.306 e. The number of likely N-dealkylation sites (tertiary alicyclic amines) is 1. The van der Waals surface area contributed by atoms with E-state index in [9.17, 15) is 14.0 Å². The van der Waals surface area contributed by atoms with Gasteiger partial charge in [0.05, 0.1) is 5.69 Å². The molecule has 2 heterocycles. The van der Waals surface area contributed by atoms with E-state index >= 15 is 0 Å². The van der Waals surface area contributed by atoms with Crippen molar-refractivity contribution in [2.45, 2.75) is 18.8 Å². The lowest BCUT2D eigenvalue weighted by Crippen LogP contribution is -2.29. The van der Waals surface area contributed by atoms with E-state index in [0.29, 0.717) is 11.3 Å². The Kier molecular flexibility index (Phi) is 3.94. The van der Waals surface area contributed by atoms with Crippen LogP contribution in [0.3, 0.4) is 0 Å². The molecular formula is C16H18FN3O2. The van der Waals surface area contributed by atoms with Gasteiger partial charge in [-0.05, 0) is 56.6 Å². The number of nitrogens with zero attached hydrogens (tertiary/aromatic N) is 2. The molecule has 5 nitrogen and oxygen atoms in total. The summed E-state index contributed by atoms with van der Waals surface area (Å²) in [6.45, 7) is 1.93. The number of hydrogen-bond acceptors (Lipinski definition) is 3. The van der Waals surface area contributed by atoms with Crippen molar-refractivity contribution in [2.24, 2.45) is 0 Å². The highest BCUT2D eigenvalue weighted by molar-refractivity contribution is 5.37. The van der Waals surface area contributed by atoms with Crippen LogP contribution in [0.4, 0.5) is 4.39 Å². The van der Waals surface area contributed by atoms with Crippen molar-refractivity contribution in [2.75, 3.05) is 20.1 Å². The first-order valence-corrected chi connectivity index (χ1v) is 7.35. The molecule has 1 aliphatic rings. The first-order valence-electron chi connectivity index (χ1n) is 7.35. The van der Waals surface area contributed by atoms with Gasteiger partial charge in [0.25, 0.3) is 5.56 Å². The van der Waals surface area contributed by atoms with Crippen LogP contribution >= 0.6 is 0 Å². The fourth-order valence-electron chi connectivity index (χ4n) is 2.94. The van der Waals surface area contributed by atoms with Gasteiger partial charge in [0.1, 0.15) is 5.82 Å². The minimum Gasteiger partial charge on any atom is -0.306 e. The van der Waals surface area contributed by atoms with Crippen molar-refractivity contribution >= 4 is 0 Å². The maximum Gasteiger partial charge on any atom is 0.332 e. The number of benzene rings is 1. The Labute approximate surface area is 127 Å². The summed E-state index contributed by atoms with van der Waals surface area (Å²) in [5, 5.41) is 0. The third-order valence-electron chi connectivity index (χ3n) is 4.24. The number of aromatic amines is 1. The van der Waals surface area contributed by atoms with Gasteiger partial charge in [-0.2, -0.15) is 0 Å². The summed E-state index contributed by atoms with van der Waals surface area (Å²) >= 11 is 0. The molecule has 1 saturated heterocycles. The van der Waals surface area contributed by atoms with E-state index in [0.717, 1.165) is 25.9 Å². The molecule has 1 aliphatic heterocycles. The van der Waals surface area contributed by atoms with Gasteiger partial charge >= 0.3 is 5.69 Å². The summed E-state index contributed by atoms with van der Waals surface area (Å²) in [5.74, 6) is -0.0808. The van der Waals surface area contributed by atoms with Gasteiger partial charge < -0.3 is 4.90 Å². The molecule has 1 N–H and O–H groups in total. The summed E-state index contributed by atoms with van der Waals surface area (Å²) in [7, 11) is 2.07. The maximum absolute atomic E-state index is 14.4. The van der Waals surface area contributed by atoms with Crippen molar-refractivity contribution < 1.29 is 4.39 Å². The normalized spacial score (nSPS) is 16.8. The van der Waals surface area contributed by atoms with E-state index in [4.69, 9.17) is 0 Å². The van der Waals surface area contributed by atoms with Gasteiger partial charge in [-0.15, -0.1) is 0 Å². The Hall–Kier alpha value is -2.21. The number of aromatic nitrogens is 2. The number of halogens is 1. The van der Waals surface area contributed by atoms with Crippen LogP contribution in [0.25, 0.3) is 5.69 Å². The van der Waals surface area contributed by atoms with Gasteiger partial charge in [0.15, 0.2) is 0 Å². The lowest BCUT2D eigenvalue weighted by atomic mass is 9.89. The van der Waals surface area contributed by atoms with Gasteiger partial charge in [0, 0.05) is 12.3 Å². The summed E-state index contributed by atoms with van der Waals surface area (Å²) < 4.78 is 15.7. The second kappa shape index (κ2) is 5.88. The van der Waals surface area contributed by atoms with E-state index in [1.165, 1.54) is 22.9 Å². The van der Waals surface area contributed by atoms with Crippen molar-refractivity contribution in [3.63, 3.8) is 0 Å². The molecule has 22 heavy (non-hydrogen) atoms. The van der Waals surface area contributed by atoms with E-state index < -0.39 is 11.2 Å². The minimum atomic E-state index is -0.570. The molecule has 1 aromatic carbocycles. The first-order chi connectivity index (χ1) is 10.5. The van der Waals surface area contributed by atoms with Crippen LogP contribution in [-0.4, -0.2) is 34.6 Å². The number of rotatable bonds is 2. The molecule has 0 aliphatic carbocycles. The second-order valence-electron chi connectivity index (χ2n) is 5.76. The van der Waals surface area contributed by atoms with Gasteiger partial charge in [-0.25, -0.2) is 9.18 Å². The summed E-state index contributed by atoms with van der Waals surface area (Å²) in [4.78, 5) is 27.2. The lowest BCUT2D eigenvalue weighted by Gasteiger charge is -2.29. The molecule has 1 fully saturated rings. The first kappa shape index (κ1) is 14.7. The van der Waals surface area contributed by atoms with E-state index in [-0.39, 0.29) is 11.7 Å². The predicted octanol–water partition coefficient (Wildman–Crippen LogP) is 1.47. The second-order valence-corrected chi connectivity index (χ2v) is 5.76. The van der Waals surface area contributed by atoms with E-state index in [1.54, 1.807) is 12.1 Å². The number of piperidine rings is 1. The SMILES string of the molecule is CN1CCC(c2ccc(-n3ccc(=O)[nH]c3=O)cc2F)CC1. The molecular weight excluding hydrogens is 285 g/mol. The highest BCUT2D eigenvalue weighted by Crippen LogP contribution is 2.30. The molecule has 3 rings (SSSR count). The maximum atomic E-state index is 14.4. The van der Waals surface area contributed by atoms with Crippen LogP contribution in [0.5, 0.6) is 0 Å². The number of nitrogens with one attached hydrogen (secondary N) is 1. The molecule has 6 heteroatoms. The zero-order chi connectivity index (χ0) is 15.7. The fourth-order valence-corrected chi connectivity index (χ4v) is 2.94. The third-order valence-corrected chi connectivity index (χ3v) is 4.24. The Balaban J connectivity index is 1.92. The summed E-state index contributed by atoms with van der Waals surface area (Å²) in [6.07, 6.45) is 3.22. The fraction of sp³-hybridized carbons (Fsp3) is 0.375. The molecule has 0 radical (unpaired) electrons. The average Bonchev–Trinajstić information content (AvgIpc) is 2.48. The van der Waals surface area contributed by atoms with Crippen molar-refractivity contribution in [1.82, 2.24) is 14.5 Å². The Morgan fingerprint density at radius 2 is 1.91 bits per heavy atom. The largest absolute Gasteiger partial charge is 0.332 e. The van der Waals surface area contributed by atoms with Gasteiger partial charge in [-0.1, -0.05) is 6.07 Å². The zero-order valence-corrected chi connectivity index (χ0v) is 12.4. The predicted molar refractivity (Wildman–Crippen MR) is 82.1 cm³/mol. The summed E-state index contributed by atoms with van der Waals surface area (Å²) in [5.41, 5.74) is 0.0772. The average molecular weight is 303 g/mol. The lowest BCUT2D eigenvalue weighted by molar-refractivity contribution is 0.253. The third kappa shape index (κ3) is 2.87. The molecule has 0 spiro atoms. The zero-order valence-electron chi connectivity index (χ0n) is 12.4. The van der Waals surface area contributed by atoms with E-state index in [2.05, 4.69) is 16.9 Å². The quantitative estimate of drug-likeness (QED) is 0.914. The standard InChI is InChI=1S/C16H18FN3O2/c1-19-7-4-11(5-8-19)13-3-2-12(10-14(13)17)20-9-6-15(21)18-16(20)22/h2-3,6,9-11H,4-5,7-8H2,1H3,(H,18,21,22).